The van der Waals surface area contributed by atoms with E-state index in [-0.39, 0.29) is 5.91 Å². The zero-order valence-corrected chi connectivity index (χ0v) is 19.1. The van der Waals surface area contributed by atoms with Crippen LogP contribution >= 0.6 is 38.6 Å². The number of aromatic nitrogens is 1. The SMILES string of the molecule is O=C(Cc1csc(-c2cc(Br)cs2)n1)N1CCN(CCOc2ccccc2)CC1. The van der Waals surface area contributed by atoms with E-state index in [1.807, 2.05) is 46.0 Å². The highest BCUT2D eigenvalue weighted by molar-refractivity contribution is 9.10. The van der Waals surface area contributed by atoms with Crippen LogP contribution < -0.4 is 4.74 Å². The van der Waals surface area contributed by atoms with Crippen molar-refractivity contribution in [3.05, 3.63) is 57.3 Å². The number of thiophene rings is 1. The molecule has 0 unspecified atom stereocenters. The summed E-state index contributed by atoms with van der Waals surface area (Å²) in [6.45, 7) is 4.84. The summed E-state index contributed by atoms with van der Waals surface area (Å²) in [7, 11) is 0. The number of carbonyl (C=O) groups excluding carboxylic acids is 1. The van der Waals surface area contributed by atoms with Crippen molar-refractivity contribution in [2.45, 2.75) is 6.42 Å². The number of nitrogens with zero attached hydrogens (tertiary/aromatic N) is 3. The van der Waals surface area contributed by atoms with Crippen LogP contribution in [-0.4, -0.2) is 60.0 Å². The molecular formula is C21H22BrN3O2S2. The van der Waals surface area contributed by atoms with Gasteiger partial charge < -0.3 is 9.64 Å². The number of piperazine rings is 1. The molecule has 0 N–H and O–H groups in total. The lowest BCUT2D eigenvalue weighted by molar-refractivity contribution is -0.132. The molecule has 1 aliphatic heterocycles. The number of carbonyl (C=O) groups is 1. The van der Waals surface area contributed by atoms with Crippen LogP contribution in [0.1, 0.15) is 5.69 Å². The van der Waals surface area contributed by atoms with Gasteiger partial charge in [0.1, 0.15) is 17.4 Å². The number of ether oxygens (including phenoxy) is 1. The number of hydrogen-bond donors (Lipinski definition) is 0. The van der Waals surface area contributed by atoms with E-state index >= 15 is 0 Å². The van der Waals surface area contributed by atoms with Gasteiger partial charge in [0, 0.05) is 48.0 Å². The number of rotatable bonds is 7. The van der Waals surface area contributed by atoms with Crippen LogP contribution in [0.15, 0.2) is 51.6 Å². The first-order chi connectivity index (χ1) is 14.2. The second-order valence-corrected chi connectivity index (χ2v) is 9.52. The van der Waals surface area contributed by atoms with Crippen LogP contribution in [0.3, 0.4) is 0 Å². The van der Waals surface area contributed by atoms with Crippen molar-refractivity contribution in [1.82, 2.24) is 14.8 Å². The smallest absolute Gasteiger partial charge is 0.228 e. The standard InChI is InChI=1S/C21H22BrN3O2S2/c22-16-12-19(28-14-16)21-23-17(15-29-21)13-20(26)25-8-6-24(7-9-25)10-11-27-18-4-2-1-3-5-18/h1-5,12,14-15H,6-11,13H2. The molecule has 8 heteroatoms. The molecule has 1 aliphatic rings. The third-order valence-corrected chi connectivity index (χ3v) is 7.56. The van der Waals surface area contributed by atoms with Crippen molar-refractivity contribution in [3.63, 3.8) is 0 Å². The van der Waals surface area contributed by atoms with E-state index in [4.69, 9.17) is 4.74 Å². The fraction of sp³-hybridized carbons (Fsp3) is 0.333. The topological polar surface area (TPSA) is 45.7 Å². The van der Waals surface area contributed by atoms with Gasteiger partial charge in [0.2, 0.25) is 5.91 Å². The predicted molar refractivity (Wildman–Crippen MR) is 122 cm³/mol. The minimum Gasteiger partial charge on any atom is -0.492 e. The summed E-state index contributed by atoms with van der Waals surface area (Å²) in [5, 5.41) is 5.02. The number of halogens is 1. The maximum Gasteiger partial charge on any atom is 0.228 e. The van der Waals surface area contributed by atoms with Crippen molar-refractivity contribution in [1.29, 1.82) is 0 Å². The lowest BCUT2D eigenvalue weighted by Gasteiger charge is -2.34. The van der Waals surface area contributed by atoms with Crippen molar-refractivity contribution in [2.24, 2.45) is 0 Å². The van der Waals surface area contributed by atoms with Crippen LogP contribution in [0.2, 0.25) is 0 Å². The molecular weight excluding hydrogens is 470 g/mol. The van der Waals surface area contributed by atoms with Crippen molar-refractivity contribution >= 4 is 44.5 Å². The minimum absolute atomic E-state index is 0.161. The number of amides is 1. The molecule has 0 aliphatic carbocycles. The highest BCUT2D eigenvalue weighted by Crippen LogP contribution is 2.32. The van der Waals surface area contributed by atoms with Crippen LogP contribution in [-0.2, 0) is 11.2 Å². The Hall–Kier alpha value is -1.74. The molecule has 1 saturated heterocycles. The molecule has 152 valence electrons. The van der Waals surface area contributed by atoms with Gasteiger partial charge in [0.05, 0.1) is 17.0 Å². The lowest BCUT2D eigenvalue weighted by atomic mass is 10.2. The van der Waals surface area contributed by atoms with Gasteiger partial charge >= 0.3 is 0 Å². The summed E-state index contributed by atoms with van der Waals surface area (Å²) in [6, 6.07) is 11.9. The maximum atomic E-state index is 12.7. The van der Waals surface area contributed by atoms with E-state index in [2.05, 4.69) is 31.9 Å². The van der Waals surface area contributed by atoms with Gasteiger partial charge in [-0.05, 0) is 34.1 Å². The quantitative estimate of drug-likeness (QED) is 0.491. The van der Waals surface area contributed by atoms with Gasteiger partial charge in [0.15, 0.2) is 0 Å². The fourth-order valence-electron chi connectivity index (χ4n) is 3.22. The zero-order valence-electron chi connectivity index (χ0n) is 15.9. The Kier molecular flexibility index (Phi) is 6.97. The van der Waals surface area contributed by atoms with Crippen LogP contribution in [0.4, 0.5) is 0 Å². The second-order valence-electron chi connectivity index (χ2n) is 6.83. The Labute approximate surface area is 187 Å². The summed E-state index contributed by atoms with van der Waals surface area (Å²) in [4.78, 5) is 22.7. The molecule has 4 rings (SSSR count). The number of para-hydroxylation sites is 1. The Morgan fingerprint density at radius 1 is 1.10 bits per heavy atom. The summed E-state index contributed by atoms with van der Waals surface area (Å²) in [6.07, 6.45) is 0.375. The Morgan fingerprint density at radius 3 is 2.62 bits per heavy atom. The molecule has 5 nitrogen and oxygen atoms in total. The molecule has 3 heterocycles. The molecule has 0 bridgehead atoms. The molecule has 3 aromatic rings. The number of thiazole rings is 1. The molecule has 29 heavy (non-hydrogen) atoms. The summed E-state index contributed by atoms with van der Waals surface area (Å²) in [5.74, 6) is 1.06. The van der Waals surface area contributed by atoms with E-state index in [1.54, 1.807) is 22.7 Å². The van der Waals surface area contributed by atoms with Crippen molar-refractivity contribution in [3.8, 4) is 15.6 Å². The molecule has 0 saturated carbocycles. The van der Waals surface area contributed by atoms with Crippen LogP contribution in [0.5, 0.6) is 5.75 Å². The minimum atomic E-state index is 0.161. The normalized spacial score (nSPS) is 14.9. The average molecular weight is 492 g/mol. The molecule has 1 amide bonds. The third-order valence-electron chi connectivity index (χ3n) is 4.81. The molecule has 0 spiro atoms. The lowest BCUT2D eigenvalue weighted by Crippen LogP contribution is -2.50. The molecule has 0 atom stereocenters. The predicted octanol–water partition coefficient (Wildman–Crippen LogP) is 4.40. The van der Waals surface area contributed by atoms with Gasteiger partial charge in [-0.2, -0.15) is 0 Å². The van der Waals surface area contributed by atoms with Crippen molar-refractivity contribution in [2.75, 3.05) is 39.3 Å². The Morgan fingerprint density at radius 2 is 1.90 bits per heavy atom. The Balaban J connectivity index is 1.20. The molecule has 0 radical (unpaired) electrons. The van der Waals surface area contributed by atoms with Gasteiger partial charge in [-0.1, -0.05) is 18.2 Å². The summed E-state index contributed by atoms with van der Waals surface area (Å²) >= 11 is 6.73. The Bertz CT molecular complexity index is 936. The first-order valence-electron chi connectivity index (χ1n) is 9.54. The molecule has 2 aromatic heterocycles. The van der Waals surface area contributed by atoms with Crippen LogP contribution in [0.25, 0.3) is 9.88 Å². The number of hydrogen-bond acceptors (Lipinski definition) is 6. The van der Waals surface area contributed by atoms with Crippen molar-refractivity contribution < 1.29 is 9.53 Å². The molecule has 1 fully saturated rings. The van der Waals surface area contributed by atoms with Gasteiger partial charge in [-0.3, -0.25) is 9.69 Å². The van der Waals surface area contributed by atoms with Gasteiger partial charge in [0.25, 0.3) is 0 Å². The van der Waals surface area contributed by atoms with E-state index in [0.717, 1.165) is 58.5 Å². The fourth-order valence-corrected chi connectivity index (χ4v) is 5.55. The number of benzene rings is 1. The second kappa shape index (κ2) is 9.84. The maximum absolute atomic E-state index is 12.7. The molecule has 1 aromatic carbocycles. The van der Waals surface area contributed by atoms with E-state index in [1.165, 1.54) is 0 Å². The average Bonchev–Trinajstić information content (AvgIpc) is 3.38. The summed E-state index contributed by atoms with van der Waals surface area (Å²) < 4.78 is 6.84. The van der Waals surface area contributed by atoms with Crippen LogP contribution in [0, 0.1) is 0 Å². The monoisotopic (exact) mass is 491 g/mol. The van der Waals surface area contributed by atoms with E-state index in [9.17, 15) is 4.79 Å². The zero-order chi connectivity index (χ0) is 20.1. The highest BCUT2D eigenvalue weighted by Gasteiger charge is 2.22. The summed E-state index contributed by atoms with van der Waals surface area (Å²) in [5.41, 5.74) is 0.859. The largest absolute Gasteiger partial charge is 0.492 e. The third kappa shape index (κ3) is 5.66. The van der Waals surface area contributed by atoms with Gasteiger partial charge in [-0.15, -0.1) is 22.7 Å². The van der Waals surface area contributed by atoms with Gasteiger partial charge in [-0.25, -0.2) is 4.98 Å². The first kappa shape index (κ1) is 20.5. The first-order valence-corrected chi connectivity index (χ1v) is 12.1. The van der Waals surface area contributed by atoms with E-state index < -0.39 is 0 Å². The van der Waals surface area contributed by atoms with E-state index in [0.29, 0.717) is 13.0 Å². The highest BCUT2D eigenvalue weighted by atomic mass is 79.9.